The first kappa shape index (κ1) is 17.1. The SMILES string of the molecule is C[C@H](N)c1nc2cccc(C(F)F)c2c(=O)n1-c1cc(F)cc(F)c1. The molecular formula is C17H13F4N3O. The highest BCUT2D eigenvalue weighted by Crippen LogP contribution is 2.26. The van der Waals surface area contributed by atoms with Crippen molar-refractivity contribution in [1.29, 1.82) is 0 Å². The van der Waals surface area contributed by atoms with Gasteiger partial charge in [0.15, 0.2) is 0 Å². The molecule has 3 aromatic rings. The minimum Gasteiger partial charge on any atom is -0.322 e. The highest BCUT2D eigenvalue weighted by atomic mass is 19.3. The average Bonchev–Trinajstić information content (AvgIpc) is 2.52. The predicted octanol–water partition coefficient (Wildman–Crippen LogP) is 3.62. The molecule has 130 valence electrons. The average molecular weight is 351 g/mol. The first-order chi connectivity index (χ1) is 11.8. The molecule has 0 amide bonds. The fourth-order valence-electron chi connectivity index (χ4n) is 2.68. The molecule has 0 aliphatic rings. The van der Waals surface area contributed by atoms with Crippen LogP contribution in [0, 0.1) is 11.6 Å². The molecule has 0 saturated carbocycles. The van der Waals surface area contributed by atoms with E-state index in [1.807, 2.05) is 0 Å². The number of hydrogen-bond acceptors (Lipinski definition) is 3. The van der Waals surface area contributed by atoms with Gasteiger partial charge in [-0.05, 0) is 25.1 Å². The zero-order valence-electron chi connectivity index (χ0n) is 13.0. The van der Waals surface area contributed by atoms with E-state index in [4.69, 9.17) is 5.73 Å². The van der Waals surface area contributed by atoms with Crippen LogP contribution in [-0.2, 0) is 0 Å². The van der Waals surface area contributed by atoms with Crippen molar-refractivity contribution in [2.24, 2.45) is 5.73 Å². The summed E-state index contributed by atoms with van der Waals surface area (Å²) < 4.78 is 54.6. The van der Waals surface area contributed by atoms with Gasteiger partial charge in [-0.1, -0.05) is 12.1 Å². The standard InChI is InChI=1S/C17H13F4N3O/c1-8(22)16-23-13-4-2-3-12(15(20)21)14(13)17(25)24(16)11-6-9(18)5-10(19)7-11/h2-8,15H,22H2,1H3/t8-/m0/s1. The number of nitrogens with two attached hydrogens (primary N) is 1. The van der Waals surface area contributed by atoms with Crippen LogP contribution < -0.4 is 11.3 Å². The summed E-state index contributed by atoms with van der Waals surface area (Å²) in [5, 5.41) is -0.313. The Bertz CT molecular complexity index is 994. The molecule has 1 heterocycles. The van der Waals surface area contributed by atoms with Crippen molar-refractivity contribution in [1.82, 2.24) is 9.55 Å². The lowest BCUT2D eigenvalue weighted by Crippen LogP contribution is -2.28. The summed E-state index contributed by atoms with van der Waals surface area (Å²) >= 11 is 0. The lowest BCUT2D eigenvalue weighted by molar-refractivity contribution is 0.153. The summed E-state index contributed by atoms with van der Waals surface area (Å²) in [6.45, 7) is 1.52. The van der Waals surface area contributed by atoms with Crippen LogP contribution in [0.15, 0.2) is 41.2 Å². The van der Waals surface area contributed by atoms with Gasteiger partial charge >= 0.3 is 0 Å². The summed E-state index contributed by atoms with van der Waals surface area (Å²) in [5.41, 5.74) is 4.33. The number of halogens is 4. The van der Waals surface area contributed by atoms with E-state index >= 15 is 0 Å². The lowest BCUT2D eigenvalue weighted by atomic mass is 10.1. The summed E-state index contributed by atoms with van der Waals surface area (Å²) in [4.78, 5) is 17.1. The molecule has 2 aromatic carbocycles. The van der Waals surface area contributed by atoms with Crippen LogP contribution >= 0.6 is 0 Å². The Hall–Kier alpha value is -2.74. The van der Waals surface area contributed by atoms with Gasteiger partial charge in [-0.25, -0.2) is 22.5 Å². The zero-order chi connectivity index (χ0) is 18.3. The summed E-state index contributed by atoms with van der Waals surface area (Å²) in [6, 6.07) is 5.55. The molecule has 1 atom stereocenters. The second-order valence-corrected chi connectivity index (χ2v) is 5.57. The van der Waals surface area contributed by atoms with Gasteiger partial charge in [-0.3, -0.25) is 9.36 Å². The number of benzene rings is 2. The Kier molecular flexibility index (Phi) is 4.30. The fourth-order valence-corrected chi connectivity index (χ4v) is 2.68. The maximum atomic E-state index is 13.6. The molecule has 0 bridgehead atoms. The maximum absolute atomic E-state index is 13.6. The molecular weight excluding hydrogens is 338 g/mol. The molecule has 4 nitrogen and oxygen atoms in total. The predicted molar refractivity (Wildman–Crippen MR) is 84.8 cm³/mol. The van der Waals surface area contributed by atoms with E-state index in [0.717, 1.165) is 22.8 Å². The smallest absolute Gasteiger partial charge is 0.266 e. The fraction of sp³-hybridized carbons (Fsp3) is 0.176. The van der Waals surface area contributed by atoms with Gasteiger partial charge in [0.2, 0.25) is 0 Å². The minimum atomic E-state index is -2.91. The maximum Gasteiger partial charge on any atom is 0.266 e. The van der Waals surface area contributed by atoms with Crippen LogP contribution in [0.3, 0.4) is 0 Å². The van der Waals surface area contributed by atoms with Crippen molar-refractivity contribution in [2.45, 2.75) is 19.4 Å². The number of aromatic nitrogens is 2. The molecule has 0 radical (unpaired) electrons. The second kappa shape index (κ2) is 6.29. The summed E-state index contributed by atoms with van der Waals surface area (Å²) in [7, 11) is 0. The van der Waals surface area contributed by atoms with Gasteiger partial charge in [0.25, 0.3) is 12.0 Å². The van der Waals surface area contributed by atoms with Crippen molar-refractivity contribution in [3.63, 3.8) is 0 Å². The Morgan fingerprint density at radius 2 is 1.76 bits per heavy atom. The van der Waals surface area contributed by atoms with Crippen LogP contribution in [0.25, 0.3) is 16.6 Å². The van der Waals surface area contributed by atoms with E-state index in [1.54, 1.807) is 0 Å². The van der Waals surface area contributed by atoms with E-state index < -0.39 is 35.2 Å². The summed E-state index contributed by atoms with van der Waals surface area (Å²) in [5.74, 6) is -1.83. The van der Waals surface area contributed by atoms with Crippen LogP contribution in [-0.4, -0.2) is 9.55 Å². The topological polar surface area (TPSA) is 60.9 Å². The van der Waals surface area contributed by atoms with Gasteiger partial charge in [-0.15, -0.1) is 0 Å². The second-order valence-electron chi connectivity index (χ2n) is 5.57. The van der Waals surface area contributed by atoms with Crippen LogP contribution in [0.2, 0.25) is 0 Å². The van der Waals surface area contributed by atoms with Crippen LogP contribution in [0.1, 0.15) is 30.8 Å². The molecule has 3 rings (SSSR count). The van der Waals surface area contributed by atoms with Gasteiger partial charge in [0, 0.05) is 11.6 Å². The highest BCUT2D eigenvalue weighted by Gasteiger charge is 2.21. The molecule has 25 heavy (non-hydrogen) atoms. The third-order valence-corrected chi connectivity index (χ3v) is 3.70. The number of alkyl halides is 2. The van der Waals surface area contributed by atoms with E-state index in [-0.39, 0.29) is 22.4 Å². The monoisotopic (exact) mass is 351 g/mol. The van der Waals surface area contributed by atoms with E-state index in [0.29, 0.717) is 6.07 Å². The van der Waals surface area contributed by atoms with E-state index in [9.17, 15) is 22.4 Å². The Morgan fingerprint density at radius 1 is 1.12 bits per heavy atom. The minimum absolute atomic E-state index is 0.00826. The third-order valence-electron chi connectivity index (χ3n) is 3.70. The van der Waals surface area contributed by atoms with Crippen molar-refractivity contribution >= 4 is 10.9 Å². The third kappa shape index (κ3) is 3.00. The van der Waals surface area contributed by atoms with Crippen molar-refractivity contribution in [3.05, 3.63) is 69.8 Å². The molecule has 1 aromatic heterocycles. The van der Waals surface area contributed by atoms with Gasteiger partial charge in [0.05, 0.1) is 22.6 Å². The normalized spacial score (nSPS) is 12.8. The highest BCUT2D eigenvalue weighted by molar-refractivity contribution is 5.82. The molecule has 0 unspecified atom stereocenters. The van der Waals surface area contributed by atoms with Crippen LogP contribution in [0.5, 0.6) is 0 Å². The van der Waals surface area contributed by atoms with Gasteiger partial charge in [0.1, 0.15) is 17.5 Å². The van der Waals surface area contributed by atoms with Crippen molar-refractivity contribution < 1.29 is 17.6 Å². The summed E-state index contributed by atoms with van der Waals surface area (Å²) in [6.07, 6.45) is -2.91. The first-order valence-electron chi connectivity index (χ1n) is 7.35. The lowest BCUT2D eigenvalue weighted by Gasteiger charge is -2.17. The van der Waals surface area contributed by atoms with Gasteiger partial charge in [-0.2, -0.15) is 0 Å². The van der Waals surface area contributed by atoms with Crippen LogP contribution in [0.4, 0.5) is 17.6 Å². The Morgan fingerprint density at radius 3 is 2.32 bits per heavy atom. The Balaban J connectivity index is 2.48. The molecule has 0 aliphatic carbocycles. The zero-order valence-corrected chi connectivity index (χ0v) is 13.0. The van der Waals surface area contributed by atoms with Gasteiger partial charge < -0.3 is 5.73 Å². The molecule has 2 N–H and O–H groups in total. The largest absolute Gasteiger partial charge is 0.322 e. The molecule has 0 spiro atoms. The molecule has 0 saturated heterocycles. The first-order valence-corrected chi connectivity index (χ1v) is 7.35. The van der Waals surface area contributed by atoms with E-state index in [1.165, 1.54) is 19.1 Å². The number of hydrogen-bond donors (Lipinski definition) is 1. The number of nitrogens with zero attached hydrogens (tertiary/aromatic N) is 2. The molecule has 0 aliphatic heterocycles. The molecule has 8 heteroatoms. The number of rotatable bonds is 3. The molecule has 0 fully saturated rings. The Labute approximate surface area is 139 Å². The quantitative estimate of drug-likeness (QED) is 0.733. The van der Waals surface area contributed by atoms with Crippen molar-refractivity contribution in [3.8, 4) is 5.69 Å². The van der Waals surface area contributed by atoms with E-state index in [2.05, 4.69) is 4.98 Å². The number of fused-ring (bicyclic) bond motifs is 1. The van der Waals surface area contributed by atoms with Crippen molar-refractivity contribution in [2.75, 3.05) is 0 Å².